The van der Waals surface area contributed by atoms with Crippen molar-refractivity contribution in [3.63, 3.8) is 0 Å². The van der Waals surface area contributed by atoms with Gasteiger partial charge in [-0.05, 0) is 52.8 Å². The molecule has 2 aliphatic rings. The Morgan fingerprint density at radius 3 is 2.23 bits per heavy atom. The Kier molecular flexibility index (Phi) is 5.99. The van der Waals surface area contributed by atoms with Crippen LogP contribution in [-0.4, -0.2) is 47.2 Å². The molecule has 5 rings (SSSR count). The van der Waals surface area contributed by atoms with Gasteiger partial charge in [-0.1, -0.05) is 61.5 Å². The SMILES string of the molecule is CCc1ccc(NC(=O)OCC2c3ccccc3-c3ccccc32)c(C(=O)N2CCC2C(=O)O)c1. The van der Waals surface area contributed by atoms with E-state index in [-0.39, 0.29) is 18.1 Å². The minimum atomic E-state index is -1.03. The molecule has 0 radical (unpaired) electrons. The highest BCUT2D eigenvalue weighted by molar-refractivity contribution is 6.04. The van der Waals surface area contributed by atoms with Crippen LogP contribution >= 0.6 is 0 Å². The molecule has 0 saturated carbocycles. The van der Waals surface area contributed by atoms with E-state index in [0.717, 1.165) is 27.8 Å². The largest absolute Gasteiger partial charge is 0.480 e. The topological polar surface area (TPSA) is 95.9 Å². The number of fused-ring (bicyclic) bond motifs is 3. The van der Waals surface area contributed by atoms with Crippen LogP contribution < -0.4 is 5.32 Å². The molecule has 178 valence electrons. The first-order valence-electron chi connectivity index (χ1n) is 11.8. The van der Waals surface area contributed by atoms with Gasteiger partial charge in [0, 0.05) is 12.5 Å². The maximum Gasteiger partial charge on any atom is 0.411 e. The third-order valence-corrected chi connectivity index (χ3v) is 6.87. The molecule has 1 fully saturated rings. The van der Waals surface area contributed by atoms with Crippen LogP contribution in [0.1, 0.15) is 46.3 Å². The molecule has 35 heavy (non-hydrogen) atoms. The third-order valence-electron chi connectivity index (χ3n) is 6.87. The van der Waals surface area contributed by atoms with Gasteiger partial charge in [-0.25, -0.2) is 9.59 Å². The molecule has 0 aromatic heterocycles. The molecule has 3 aromatic rings. The average Bonchev–Trinajstić information content (AvgIpc) is 3.15. The van der Waals surface area contributed by atoms with E-state index in [9.17, 15) is 19.5 Å². The van der Waals surface area contributed by atoms with Gasteiger partial charge in [0.05, 0.1) is 11.3 Å². The summed E-state index contributed by atoms with van der Waals surface area (Å²) < 4.78 is 5.63. The monoisotopic (exact) mass is 470 g/mol. The predicted molar refractivity (Wildman–Crippen MR) is 132 cm³/mol. The molecule has 1 saturated heterocycles. The average molecular weight is 471 g/mol. The van der Waals surface area contributed by atoms with Crippen molar-refractivity contribution in [1.29, 1.82) is 0 Å². The Morgan fingerprint density at radius 2 is 1.66 bits per heavy atom. The van der Waals surface area contributed by atoms with Crippen LogP contribution in [0.2, 0.25) is 0 Å². The van der Waals surface area contributed by atoms with Crippen molar-refractivity contribution >= 4 is 23.7 Å². The number of aryl methyl sites for hydroxylation is 1. The Hall–Kier alpha value is -4.13. The van der Waals surface area contributed by atoms with E-state index in [1.54, 1.807) is 12.1 Å². The Bertz CT molecular complexity index is 1270. The number of carbonyl (C=O) groups is 3. The highest BCUT2D eigenvalue weighted by Gasteiger charge is 2.39. The van der Waals surface area contributed by atoms with Gasteiger partial charge < -0.3 is 14.7 Å². The highest BCUT2D eigenvalue weighted by atomic mass is 16.5. The molecular weight excluding hydrogens is 444 g/mol. The van der Waals surface area contributed by atoms with E-state index in [4.69, 9.17) is 4.74 Å². The van der Waals surface area contributed by atoms with Crippen LogP contribution in [-0.2, 0) is 16.0 Å². The highest BCUT2D eigenvalue weighted by Crippen LogP contribution is 2.44. The zero-order valence-corrected chi connectivity index (χ0v) is 19.4. The number of benzene rings is 3. The predicted octanol–water partition coefficient (Wildman–Crippen LogP) is 4.91. The second-order valence-corrected chi connectivity index (χ2v) is 8.83. The Balaban J connectivity index is 1.33. The van der Waals surface area contributed by atoms with Crippen molar-refractivity contribution < 1.29 is 24.2 Å². The van der Waals surface area contributed by atoms with E-state index in [0.29, 0.717) is 25.1 Å². The summed E-state index contributed by atoms with van der Waals surface area (Å²) in [6, 6.07) is 20.6. The quantitative estimate of drug-likeness (QED) is 0.534. The number of nitrogens with one attached hydrogen (secondary N) is 1. The summed E-state index contributed by atoms with van der Waals surface area (Å²) in [5.74, 6) is -1.51. The number of rotatable bonds is 6. The van der Waals surface area contributed by atoms with Crippen molar-refractivity contribution in [3.8, 4) is 11.1 Å². The summed E-state index contributed by atoms with van der Waals surface area (Å²) in [6.45, 7) is 2.49. The summed E-state index contributed by atoms with van der Waals surface area (Å²) in [7, 11) is 0. The minimum Gasteiger partial charge on any atom is -0.480 e. The van der Waals surface area contributed by atoms with Crippen LogP contribution in [0.25, 0.3) is 11.1 Å². The fourth-order valence-corrected chi connectivity index (χ4v) is 4.88. The summed E-state index contributed by atoms with van der Waals surface area (Å²) in [6.07, 6.45) is 0.459. The van der Waals surface area contributed by atoms with Gasteiger partial charge in [0.25, 0.3) is 5.91 Å². The molecule has 2 amide bonds. The van der Waals surface area contributed by atoms with Crippen molar-refractivity contribution in [2.75, 3.05) is 18.5 Å². The summed E-state index contributed by atoms with van der Waals surface area (Å²) >= 11 is 0. The molecule has 0 bridgehead atoms. The lowest BCUT2D eigenvalue weighted by Gasteiger charge is -2.38. The van der Waals surface area contributed by atoms with Gasteiger partial charge in [-0.3, -0.25) is 10.1 Å². The van der Waals surface area contributed by atoms with E-state index in [1.807, 2.05) is 49.4 Å². The smallest absolute Gasteiger partial charge is 0.411 e. The number of aliphatic carboxylic acids is 1. The van der Waals surface area contributed by atoms with E-state index in [1.165, 1.54) is 4.90 Å². The molecule has 0 spiro atoms. The number of carboxylic acid groups (broad SMARTS) is 1. The fourth-order valence-electron chi connectivity index (χ4n) is 4.88. The number of hydrogen-bond acceptors (Lipinski definition) is 4. The molecule has 3 aromatic carbocycles. The number of ether oxygens (including phenoxy) is 1. The van der Waals surface area contributed by atoms with Crippen molar-refractivity contribution in [2.24, 2.45) is 0 Å². The van der Waals surface area contributed by atoms with Gasteiger partial charge in [0.2, 0.25) is 0 Å². The van der Waals surface area contributed by atoms with Gasteiger partial charge >= 0.3 is 12.1 Å². The number of carboxylic acids is 1. The zero-order chi connectivity index (χ0) is 24.5. The number of nitrogens with zero attached hydrogens (tertiary/aromatic N) is 1. The fraction of sp³-hybridized carbons (Fsp3) is 0.250. The van der Waals surface area contributed by atoms with E-state index in [2.05, 4.69) is 17.4 Å². The number of amides is 2. The van der Waals surface area contributed by atoms with Crippen molar-refractivity contribution in [3.05, 3.63) is 89.0 Å². The molecule has 1 atom stereocenters. The van der Waals surface area contributed by atoms with E-state index >= 15 is 0 Å². The molecule has 2 N–H and O–H groups in total. The lowest BCUT2D eigenvalue weighted by molar-refractivity contribution is -0.146. The maximum absolute atomic E-state index is 13.1. The minimum absolute atomic E-state index is 0.0749. The molecule has 1 aliphatic heterocycles. The van der Waals surface area contributed by atoms with Crippen molar-refractivity contribution in [1.82, 2.24) is 4.90 Å². The van der Waals surface area contributed by atoms with Crippen molar-refractivity contribution in [2.45, 2.75) is 31.7 Å². The number of anilines is 1. The van der Waals surface area contributed by atoms with Gasteiger partial charge in [0.15, 0.2) is 0 Å². The normalized spacial score (nSPS) is 16.1. The first kappa shape index (κ1) is 22.7. The van der Waals surface area contributed by atoms with Crippen LogP contribution in [0, 0.1) is 0 Å². The lowest BCUT2D eigenvalue weighted by Crippen LogP contribution is -2.55. The molecular formula is C28H26N2O5. The van der Waals surface area contributed by atoms with Gasteiger partial charge in [0.1, 0.15) is 12.6 Å². The zero-order valence-electron chi connectivity index (χ0n) is 19.4. The number of likely N-dealkylation sites (tertiary alicyclic amines) is 1. The summed E-state index contributed by atoms with van der Waals surface area (Å²) in [5, 5.41) is 12.1. The second-order valence-electron chi connectivity index (χ2n) is 8.83. The second kappa shape index (κ2) is 9.25. The maximum atomic E-state index is 13.1. The summed E-state index contributed by atoms with van der Waals surface area (Å²) in [4.78, 5) is 38.7. The van der Waals surface area contributed by atoms with Crippen LogP contribution in [0.3, 0.4) is 0 Å². The molecule has 7 heteroatoms. The van der Waals surface area contributed by atoms with Crippen LogP contribution in [0.15, 0.2) is 66.7 Å². The Morgan fingerprint density at radius 1 is 1.00 bits per heavy atom. The van der Waals surface area contributed by atoms with E-state index < -0.39 is 24.0 Å². The number of hydrogen-bond donors (Lipinski definition) is 2. The van der Waals surface area contributed by atoms with Gasteiger partial charge in [-0.15, -0.1) is 0 Å². The standard InChI is InChI=1S/C28H26N2O5/c1-2-17-11-12-24(22(15-17)26(31)30-14-13-25(30)27(32)33)29-28(34)35-16-23-20-9-5-3-7-18(20)19-8-4-6-10-21(19)23/h3-12,15,23,25H,2,13-14,16H2,1H3,(H,29,34)(H,32,33). The third kappa shape index (κ3) is 4.14. The first-order valence-corrected chi connectivity index (χ1v) is 11.8. The first-order chi connectivity index (χ1) is 17.0. The Labute approximate surface area is 203 Å². The molecule has 1 aliphatic carbocycles. The number of carbonyl (C=O) groups excluding carboxylic acids is 2. The molecule has 1 unspecified atom stereocenters. The molecule has 7 nitrogen and oxygen atoms in total. The lowest BCUT2D eigenvalue weighted by atomic mass is 9.98. The summed E-state index contributed by atoms with van der Waals surface area (Å²) in [5.41, 5.74) is 6.00. The molecule has 1 heterocycles. The van der Waals surface area contributed by atoms with Crippen LogP contribution in [0.4, 0.5) is 10.5 Å². The van der Waals surface area contributed by atoms with Crippen LogP contribution in [0.5, 0.6) is 0 Å². The van der Waals surface area contributed by atoms with Gasteiger partial charge in [-0.2, -0.15) is 0 Å².